The molecule has 0 spiro atoms. The van der Waals surface area contributed by atoms with Crippen molar-refractivity contribution in [3.05, 3.63) is 33.2 Å². The number of nitrogens with zero attached hydrogens (tertiary/aromatic N) is 4. The summed E-state index contributed by atoms with van der Waals surface area (Å²) in [6.45, 7) is 7.02. The van der Waals surface area contributed by atoms with Crippen molar-refractivity contribution in [3.63, 3.8) is 0 Å². The fourth-order valence-corrected chi connectivity index (χ4v) is 3.76. The maximum Gasteiger partial charge on any atom is 0.259 e. The molecule has 2 aromatic rings. The number of aromatic nitrogens is 2. The van der Waals surface area contributed by atoms with Gasteiger partial charge < -0.3 is 4.90 Å². The van der Waals surface area contributed by atoms with Crippen molar-refractivity contribution >= 4 is 16.3 Å². The molecule has 0 aromatic carbocycles. The predicted molar refractivity (Wildman–Crippen MR) is 86.4 cm³/mol. The van der Waals surface area contributed by atoms with Crippen molar-refractivity contribution < 1.29 is 4.39 Å². The van der Waals surface area contributed by atoms with E-state index in [1.807, 2.05) is 12.3 Å². The standard InChI is InChI=1S/C15H21FN4OS/c1-12-11-22-15-17-13(9-14(21)20(12)15)10-19-7-5-18(6-8-19)4-2-3-16/h9,11H,2-8,10H2,1H3. The Morgan fingerprint density at radius 2 is 2.00 bits per heavy atom. The van der Waals surface area contributed by atoms with Gasteiger partial charge in [0.15, 0.2) is 4.96 Å². The molecule has 2 aromatic heterocycles. The van der Waals surface area contributed by atoms with Gasteiger partial charge in [-0.3, -0.25) is 18.5 Å². The van der Waals surface area contributed by atoms with E-state index < -0.39 is 0 Å². The van der Waals surface area contributed by atoms with Crippen molar-refractivity contribution in [1.29, 1.82) is 0 Å². The molecule has 0 N–H and O–H groups in total. The minimum absolute atomic E-state index is 0.000307. The minimum atomic E-state index is -0.242. The van der Waals surface area contributed by atoms with Gasteiger partial charge in [-0.1, -0.05) is 0 Å². The van der Waals surface area contributed by atoms with Crippen LogP contribution in [-0.4, -0.2) is 58.6 Å². The van der Waals surface area contributed by atoms with E-state index in [1.165, 1.54) is 11.3 Å². The van der Waals surface area contributed by atoms with Crippen LogP contribution in [0.5, 0.6) is 0 Å². The molecule has 1 aliphatic heterocycles. The molecule has 1 saturated heterocycles. The molecule has 120 valence electrons. The van der Waals surface area contributed by atoms with E-state index in [0.29, 0.717) is 13.0 Å². The number of halogens is 1. The monoisotopic (exact) mass is 324 g/mol. The Labute approximate surface area is 133 Å². The molecule has 1 aliphatic rings. The summed E-state index contributed by atoms with van der Waals surface area (Å²) in [6.07, 6.45) is 0.618. The molecule has 7 heteroatoms. The molecule has 1 fully saturated rings. The minimum Gasteiger partial charge on any atom is -0.301 e. The lowest BCUT2D eigenvalue weighted by Crippen LogP contribution is -2.46. The third-order valence-corrected chi connectivity index (χ3v) is 5.03. The highest BCUT2D eigenvalue weighted by atomic mass is 32.1. The van der Waals surface area contributed by atoms with Crippen LogP contribution in [0.4, 0.5) is 4.39 Å². The number of thiazole rings is 1. The van der Waals surface area contributed by atoms with E-state index in [4.69, 9.17) is 0 Å². The van der Waals surface area contributed by atoms with Crippen molar-refractivity contribution in [1.82, 2.24) is 19.2 Å². The van der Waals surface area contributed by atoms with Gasteiger partial charge in [-0.15, -0.1) is 11.3 Å². The van der Waals surface area contributed by atoms with E-state index in [-0.39, 0.29) is 12.2 Å². The molecule has 22 heavy (non-hydrogen) atoms. The molecule has 0 amide bonds. The Hall–Kier alpha value is -1.31. The number of aryl methyl sites for hydroxylation is 1. The normalized spacial score (nSPS) is 17.4. The molecule has 0 radical (unpaired) electrons. The number of hydrogen-bond donors (Lipinski definition) is 0. The fourth-order valence-electron chi connectivity index (χ4n) is 2.87. The Morgan fingerprint density at radius 1 is 1.27 bits per heavy atom. The lowest BCUT2D eigenvalue weighted by Gasteiger charge is -2.34. The quantitative estimate of drug-likeness (QED) is 0.837. The SMILES string of the molecule is Cc1csc2nc(CN3CCN(CCCF)CC3)cc(=O)n12. The van der Waals surface area contributed by atoms with E-state index in [1.54, 1.807) is 10.5 Å². The fraction of sp³-hybridized carbons (Fsp3) is 0.600. The van der Waals surface area contributed by atoms with Crippen LogP contribution in [0, 0.1) is 6.92 Å². The van der Waals surface area contributed by atoms with Crippen LogP contribution in [0.15, 0.2) is 16.2 Å². The van der Waals surface area contributed by atoms with Gasteiger partial charge in [0.1, 0.15) is 0 Å². The van der Waals surface area contributed by atoms with E-state index >= 15 is 0 Å². The third-order valence-electron chi connectivity index (χ3n) is 4.09. The maximum atomic E-state index is 12.2. The van der Waals surface area contributed by atoms with E-state index in [2.05, 4.69) is 14.8 Å². The maximum absolute atomic E-state index is 12.2. The van der Waals surface area contributed by atoms with Gasteiger partial charge in [-0.25, -0.2) is 4.98 Å². The molecule has 3 heterocycles. The summed E-state index contributed by atoms with van der Waals surface area (Å²) in [5.41, 5.74) is 1.77. The van der Waals surface area contributed by atoms with E-state index in [9.17, 15) is 9.18 Å². The van der Waals surface area contributed by atoms with Crippen LogP contribution in [-0.2, 0) is 6.54 Å². The van der Waals surface area contributed by atoms with Crippen LogP contribution in [0.25, 0.3) is 4.96 Å². The van der Waals surface area contributed by atoms with Crippen molar-refractivity contribution in [3.8, 4) is 0 Å². The first-order valence-corrected chi connectivity index (χ1v) is 8.53. The Morgan fingerprint density at radius 3 is 2.73 bits per heavy atom. The highest BCUT2D eigenvalue weighted by Crippen LogP contribution is 2.13. The highest BCUT2D eigenvalue weighted by Gasteiger charge is 2.17. The summed E-state index contributed by atoms with van der Waals surface area (Å²) in [4.78, 5) is 22.1. The van der Waals surface area contributed by atoms with Gasteiger partial charge in [0.05, 0.1) is 12.4 Å². The second-order valence-electron chi connectivity index (χ2n) is 5.74. The molecule has 0 atom stereocenters. The zero-order valence-corrected chi connectivity index (χ0v) is 13.6. The van der Waals surface area contributed by atoms with Gasteiger partial charge in [-0.05, 0) is 13.3 Å². The molecule has 5 nitrogen and oxygen atoms in total. The van der Waals surface area contributed by atoms with Crippen molar-refractivity contribution in [2.24, 2.45) is 0 Å². The lowest BCUT2D eigenvalue weighted by molar-refractivity contribution is 0.123. The second-order valence-corrected chi connectivity index (χ2v) is 6.58. The topological polar surface area (TPSA) is 40.9 Å². The van der Waals surface area contributed by atoms with Gasteiger partial charge in [0.25, 0.3) is 5.56 Å². The van der Waals surface area contributed by atoms with Gasteiger partial charge in [0.2, 0.25) is 0 Å². The molecule has 0 saturated carbocycles. The lowest BCUT2D eigenvalue weighted by atomic mass is 10.2. The molecule has 0 bridgehead atoms. The van der Waals surface area contributed by atoms with Gasteiger partial charge in [-0.2, -0.15) is 0 Å². The summed E-state index contributed by atoms with van der Waals surface area (Å²) in [6, 6.07) is 1.64. The first-order chi connectivity index (χ1) is 10.7. The van der Waals surface area contributed by atoms with Crippen LogP contribution in [0.2, 0.25) is 0 Å². The van der Waals surface area contributed by atoms with Crippen LogP contribution < -0.4 is 5.56 Å². The van der Waals surface area contributed by atoms with Crippen LogP contribution in [0.3, 0.4) is 0 Å². The first kappa shape index (κ1) is 15.6. The largest absolute Gasteiger partial charge is 0.301 e. The predicted octanol–water partition coefficient (Wildman–Crippen LogP) is 1.54. The third kappa shape index (κ3) is 3.37. The number of alkyl halides is 1. The smallest absolute Gasteiger partial charge is 0.259 e. The summed E-state index contributed by atoms with van der Waals surface area (Å²) in [5, 5.41) is 1.96. The number of fused-ring (bicyclic) bond motifs is 1. The summed E-state index contributed by atoms with van der Waals surface area (Å²) < 4.78 is 13.9. The molecule has 0 aliphatic carbocycles. The Balaban J connectivity index is 1.64. The van der Waals surface area contributed by atoms with Crippen LogP contribution >= 0.6 is 11.3 Å². The average Bonchev–Trinajstić information content (AvgIpc) is 2.88. The number of piperazine rings is 1. The average molecular weight is 324 g/mol. The molecule has 0 unspecified atom stereocenters. The molecule has 3 rings (SSSR count). The number of hydrogen-bond acceptors (Lipinski definition) is 5. The number of rotatable bonds is 5. The zero-order valence-electron chi connectivity index (χ0n) is 12.8. The summed E-state index contributed by atoms with van der Waals surface area (Å²) in [5.74, 6) is 0. The van der Waals surface area contributed by atoms with Gasteiger partial charge >= 0.3 is 0 Å². The second kappa shape index (κ2) is 6.85. The summed E-state index contributed by atoms with van der Waals surface area (Å²) >= 11 is 1.50. The molecular formula is C15H21FN4OS. The first-order valence-electron chi connectivity index (χ1n) is 7.65. The van der Waals surface area contributed by atoms with E-state index in [0.717, 1.165) is 49.1 Å². The zero-order chi connectivity index (χ0) is 15.5. The Kier molecular flexibility index (Phi) is 4.85. The van der Waals surface area contributed by atoms with Crippen molar-refractivity contribution in [2.45, 2.75) is 19.9 Å². The highest BCUT2D eigenvalue weighted by molar-refractivity contribution is 7.15. The van der Waals surface area contributed by atoms with Crippen LogP contribution in [0.1, 0.15) is 17.8 Å². The van der Waals surface area contributed by atoms with Gasteiger partial charge in [0, 0.05) is 56.4 Å². The molecular weight excluding hydrogens is 303 g/mol. The summed E-state index contributed by atoms with van der Waals surface area (Å²) in [7, 11) is 0. The Bertz CT molecular complexity index is 690. The van der Waals surface area contributed by atoms with Crippen molar-refractivity contribution in [2.75, 3.05) is 39.4 Å².